The molecule has 0 spiro atoms. The Morgan fingerprint density at radius 1 is 1.08 bits per heavy atom. The highest BCUT2D eigenvalue weighted by Gasteiger charge is 2.26. The summed E-state index contributed by atoms with van der Waals surface area (Å²) in [5, 5.41) is 4.13. The van der Waals surface area contributed by atoms with Crippen molar-refractivity contribution in [1.29, 1.82) is 0 Å². The van der Waals surface area contributed by atoms with Crippen LogP contribution in [0, 0.1) is 0 Å². The molecule has 0 unspecified atom stereocenters. The lowest BCUT2D eigenvalue weighted by molar-refractivity contribution is 0.320. The first-order valence-electron chi connectivity index (χ1n) is 8.41. The molecule has 2 aromatic rings. The average molecular weight is 331 g/mol. The zero-order valence-electron chi connectivity index (χ0n) is 14.8. The summed E-state index contributed by atoms with van der Waals surface area (Å²) >= 11 is 0. The molecule has 1 fully saturated rings. The predicted octanol–water partition coefficient (Wildman–Crippen LogP) is 2.49. The Balaban J connectivity index is 1.63. The van der Waals surface area contributed by atoms with E-state index in [9.17, 15) is 0 Å². The van der Waals surface area contributed by atoms with Crippen molar-refractivity contribution in [2.24, 2.45) is 0 Å². The van der Waals surface area contributed by atoms with Crippen LogP contribution in [0.15, 0.2) is 22.7 Å². The van der Waals surface area contributed by atoms with E-state index in [0.29, 0.717) is 24.3 Å². The van der Waals surface area contributed by atoms with Gasteiger partial charge in [-0.25, -0.2) is 0 Å². The quantitative estimate of drug-likeness (QED) is 0.852. The molecule has 1 aliphatic heterocycles. The van der Waals surface area contributed by atoms with Gasteiger partial charge in [-0.15, -0.1) is 0 Å². The number of rotatable bonds is 4. The second-order valence-electron chi connectivity index (χ2n) is 6.89. The third-order valence-electron chi connectivity index (χ3n) is 3.94. The number of anilines is 2. The van der Waals surface area contributed by atoms with E-state index < -0.39 is 0 Å². The van der Waals surface area contributed by atoms with Crippen LogP contribution in [0.1, 0.15) is 33.6 Å². The Morgan fingerprint density at radius 2 is 1.79 bits per heavy atom. The summed E-state index contributed by atoms with van der Waals surface area (Å²) in [4.78, 5) is 13.5. The molecular weight excluding hydrogens is 306 g/mol. The second kappa shape index (κ2) is 6.67. The van der Waals surface area contributed by atoms with E-state index in [1.165, 1.54) is 0 Å². The van der Waals surface area contributed by atoms with Gasteiger partial charge < -0.3 is 19.1 Å². The molecule has 0 atom stereocenters. The molecule has 1 aliphatic rings. The molecular formula is C17H25N5O2. The number of hydrogen-bond donors (Lipinski definition) is 0. The fourth-order valence-corrected chi connectivity index (χ4v) is 2.59. The number of nitrogens with zero attached hydrogens (tertiary/aromatic N) is 5. The molecule has 24 heavy (non-hydrogen) atoms. The highest BCUT2D eigenvalue weighted by Crippen LogP contribution is 2.24. The van der Waals surface area contributed by atoms with Gasteiger partial charge in [-0.05, 0) is 18.1 Å². The van der Waals surface area contributed by atoms with Crippen LogP contribution in [-0.2, 0) is 5.41 Å². The van der Waals surface area contributed by atoms with Gasteiger partial charge >= 0.3 is 0 Å². The number of piperazine rings is 1. The van der Waals surface area contributed by atoms with Gasteiger partial charge in [0.05, 0.1) is 6.61 Å². The maximum atomic E-state index is 5.48. The van der Waals surface area contributed by atoms with Crippen LogP contribution in [0.25, 0.3) is 0 Å². The Bertz CT molecular complexity index is 672. The van der Waals surface area contributed by atoms with E-state index in [1.807, 2.05) is 25.1 Å². The molecule has 1 saturated heterocycles. The van der Waals surface area contributed by atoms with E-state index in [2.05, 4.69) is 45.7 Å². The maximum Gasteiger partial charge on any atom is 0.266 e. The fourth-order valence-electron chi connectivity index (χ4n) is 2.59. The zero-order valence-corrected chi connectivity index (χ0v) is 14.8. The van der Waals surface area contributed by atoms with Gasteiger partial charge in [0.2, 0.25) is 11.8 Å². The van der Waals surface area contributed by atoms with E-state index in [0.717, 1.165) is 32.0 Å². The van der Waals surface area contributed by atoms with Crippen LogP contribution in [0.5, 0.6) is 5.88 Å². The summed E-state index contributed by atoms with van der Waals surface area (Å²) in [5.74, 6) is 2.97. The van der Waals surface area contributed by atoms with Crippen LogP contribution in [0.4, 0.5) is 11.8 Å². The third-order valence-corrected chi connectivity index (χ3v) is 3.94. The van der Waals surface area contributed by atoms with Gasteiger partial charge in [-0.3, -0.25) is 0 Å². The van der Waals surface area contributed by atoms with Crippen molar-refractivity contribution in [1.82, 2.24) is 15.1 Å². The lowest BCUT2D eigenvalue weighted by Crippen LogP contribution is -2.47. The molecule has 0 aromatic carbocycles. The lowest BCUT2D eigenvalue weighted by atomic mass is 9.97. The highest BCUT2D eigenvalue weighted by molar-refractivity contribution is 5.43. The van der Waals surface area contributed by atoms with Crippen molar-refractivity contribution in [3.05, 3.63) is 24.1 Å². The minimum atomic E-state index is -0.128. The fraction of sp³-hybridized carbons (Fsp3) is 0.588. The number of pyridine rings is 1. The summed E-state index contributed by atoms with van der Waals surface area (Å²) in [6, 6.07) is 5.88. The summed E-state index contributed by atoms with van der Waals surface area (Å²) in [5.41, 5.74) is -0.128. The maximum absolute atomic E-state index is 5.48. The Hall–Kier alpha value is -2.31. The normalized spacial score (nSPS) is 15.7. The van der Waals surface area contributed by atoms with Gasteiger partial charge in [0.1, 0.15) is 5.82 Å². The second-order valence-corrected chi connectivity index (χ2v) is 6.89. The minimum absolute atomic E-state index is 0.128. The van der Waals surface area contributed by atoms with Crippen LogP contribution in [0.3, 0.4) is 0 Å². The Kier molecular flexibility index (Phi) is 4.59. The SMILES string of the molecule is CCOc1cccc(N2CCN(c3noc(C(C)(C)C)n3)CC2)n1. The number of ether oxygens (including phenoxy) is 1. The predicted molar refractivity (Wildman–Crippen MR) is 92.8 cm³/mol. The largest absolute Gasteiger partial charge is 0.478 e. The molecule has 0 amide bonds. The van der Waals surface area contributed by atoms with Gasteiger partial charge in [0.15, 0.2) is 0 Å². The first-order valence-corrected chi connectivity index (χ1v) is 8.41. The smallest absolute Gasteiger partial charge is 0.266 e. The summed E-state index contributed by atoms with van der Waals surface area (Å²) in [7, 11) is 0. The van der Waals surface area contributed by atoms with Crippen molar-refractivity contribution < 1.29 is 9.26 Å². The molecule has 0 saturated carbocycles. The standard InChI is InChI=1S/C17H25N5O2/c1-5-23-14-8-6-7-13(18-14)21-9-11-22(12-10-21)16-19-15(24-20-16)17(2,3)4/h6-8H,5,9-12H2,1-4H3. The van der Waals surface area contributed by atoms with E-state index in [1.54, 1.807) is 0 Å². The number of aromatic nitrogens is 3. The number of hydrogen-bond acceptors (Lipinski definition) is 7. The van der Waals surface area contributed by atoms with Crippen molar-refractivity contribution in [3.8, 4) is 5.88 Å². The Labute approximate surface area is 142 Å². The molecule has 2 aromatic heterocycles. The molecule has 0 radical (unpaired) electrons. The zero-order chi connectivity index (χ0) is 17.2. The van der Waals surface area contributed by atoms with Crippen molar-refractivity contribution >= 4 is 11.8 Å². The topological polar surface area (TPSA) is 67.5 Å². The summed E-state index contributed by atoms with van der Waals surface area (Å²) in [6.45, 7) is 12.2. The highest BCUT2D eigenvalue weighted by atomic mass is 16.5. The average Bonchev–Trinajstić information content (AvgIpc) is 3.06. The molecule has 3 heterocycles. The van der Waals surface area contributed by atoms with Crippen LogP contribution < -0.4 is 14.5 Å². The molecule has 0 N–H and O–H groups in total. The van der Waals surface area contributed by atoms with Crippen LogP contribution >= 0.6 is 0 Å². The first kappa shape index (κ1) is 16.5. The molecule has 3 rings (SSSR count). The lowest BCUT2D eigenvalue weighted by Gasteiger charge is -2.34. The van der Waals surface area contributed by atoms with Crippen molar-refractivity contribution in [3.63, 3.8) is 0 Å². The van der Waals surface area contributed by atoms with E-state index >= 15 is 0 Å². The van der Waals surface area contributed by atoms with E-state index in [-0.39, 0.29) is 5.41 Å². The van der Waals surface area contributed by atoms with Gasteiger partial charge in [0.25, 0.3) is 5.95 Å². The van der Waals surface area contributed by atoms with Gasteiger partial charge in [-0.2, -0.15) is 9.97 Å². The monoisotopic (exact) mass is 331 g/mol. The molecule has 0 aliphatic carbocycles. The third kappa shape index (κ3) is 3.60. The molecule has 7 nitrogen and oxygen atoms in total. The van der Waals surface area contributed by atoms with Crippen molar-refractivity contribution in [2.45, 2.75) is 33.1 Å². The summed E-state index contributed by atoms with van der Waals surface area (Å²) in [6.07, 6.45) is 0. The van der Waals surface area contributed by atoms with Crippen molar-refractivity contribution in [2.75, 3.05) is 42.6 Å². The molecule has 7 heteroatoms. The van der Waals surface area contributed by atoms with Gasteiger partial charge in [0, 0.05) is 37.7 Å². The van der Waals surface area contributed by atoms with Crippen LogP contribution in [-0.4, -0.2) is 47.9 Å². The summed E-state index contributed by atoms with van der Waals surface area (Å²) < 4.78 is 10.9. The molecule has 0 bridgehead atoms. The minimum Gasteiger partial charge on any atom is -0.478 e. The van der Waals surface area contributed by atoms with Crippen LogP contribution in [0.2, 0.25) is 0 Å². The van der Waals surface area contributed by atoms with E-state index in [4.69, 9.17) is 9.26 Å². The molecule has 130 valence electrons. The Morgan fingerprint density at radius 3 is 2.42 bits per heavy atom. The first-order chi connectivity index (χ1) is 11.5. The van der Waals surface area contributed by atoms with Gasteiger partial charge in [-0.1, -0.05) is 26.8 Å².